The topological polar surface area (TPSA) is 55.2 Å². The van der Waals surface area contributed by atoms with Gasteiger partial charge in [-0.15, -0.1) is 0 Å². The molecule has 0 amide bonds. The normalized spacial score (nSPS) is 23.7. The van der Waals surface area contributed by atoms with Gasteiger partial charge in [-0.3, -0.25) is 10.1 Å². The molecule has 1 aromatic carbocycles. The molecule has 1 saturated carbocycles. The molecule has 0 saturated heterocycles. The minimum absolute atomic E-state index is 0.0946. The van der Waals surface area contributed by atoms with Crippen LogP contribution >= 0.6 is 11.6 Å². The molecule has 2 atom stereocenters. The highest BCUT2D eigenvalue weighted by molar-refractivity contribution is 6.31. The quantitative estimate of drug-likeness (QED) is 0.659. The molecule has 0 heterocycles. The lowest BCUT2D eigenvalue weighted by atomic mass is 9.86. The highest BCUT2D eigenvalue weighted by atomic mass is 35.5. The molecule has 1 aliphatic rings. The third-order valence-corrected chi connectivity index (χ3v) is 3.84. The highest BCUT2D eigenvalue weighted by Gasteiger charge is 2.24. The van der Waals surface area contributed by atoms with E-state index in [1.165, 1.54) is 25.3 Å². The third-order valence-electron chi connectivity index (χ3n) is 3.61. The van der Waals surface area contributed by atoms with Gasteiger partial charge in [-0.25, -0.2) is 0 Å². The SMILES string of the molecule is CC1CCCCC1Nc1cc(Cl)ccc1[N+](=O)[O-]. The maximum atomic E-state index is 11.0. The fourth-order valence-corrected chi connectivity index (χ4v) is 2.69. The van der Waals surface area contributed by atoms with Crippen molar-refractivity contribution in [1.29, 1.82) is 0 Å². The van der Waals surface area contributed by atoms with Crippen molar-refractivity contribution in [3.05, 3.63) is 33.3 Å². The van der Waals surface area contributed by atoms with Crippen LogP contribution < -0.4 is 5.32 Å². The van der Waals surface area contributed by atoms with Gasteiger partial charge in [0, 0.05) is 17.1 Å². The number of nitro groups is 1. The number of nitrogens with zero attached hydrogens (tertiary/aromatic N) is 1. The lowest BCUT2D eigenvalue weighted by Gasteiger charge is -2.30. The molecule has 0 spiro atoms. The third kappa shape index (κ3) is 2.93. The summed E-state index contributed by atoms with van der Waals surface area (Å²) in [6.07, 6.45) is 4.66. The van der Waals surface area contributed by atoms with E-state index in [1.54, 1.807) is 12.1 Å². The predicted molar refractivity (Wildman–Crippen MR) is 73.1 cm³/mol. The van der Waals surface area contributed by atoms with Gasteiger partial charge in [0.2, 0.25) is 0 Å². The molecule has 0 aromatic heterocycles. The summed E-state index contributed by atoms with van der Waals surface area (Å²) in [6.45, 7) is 2.19. The van der Waals surface area contributed by atoms with E-state index in [0.29, 0.717) is 22.7 Å². The molecular weight excluding hydrogens is 252 g/mol. The van der Waals surface area contributed by atoms with Crippen molar-refractivity contribution in [1.82, 2.24) is 0 Å². The summed E-state index contributed by atoms with van der Waals surface area (Å²) in [7, 11) is 0. The van der Waals surface area contributed by atoms with Gasteiger partial charge < -0.3 is 5.32 Å². The van der Waals surface area contributed by atoms with Crippen LogP contribution in [0.1, 0.15) is 32.6 Å². The van der Waals surface area contributed by atoms with E-state index in [4.69, 9.17) is 11.6 Å². The molecule has 4 nitrogen and oxygen atoms in total. The molecule has 0 aliphatic heterocycles. The van der Waals surface area contributed by atoms with Crippen molar-refractivity contribution < 1.29 is 4.92 Å². The fourth-order valence-electron chi connectivity index (χ4n) is 2.51. The predicted octanol–water partition coefficient (Wildman–Crippen LogP) is 4.24. The van der Waals surface area contributed by atoms with Crippen molar-refractivity contribution in [2.75, 3.05) is 5.32 Å². The summed E-state index contributed by atoms with van der Waals surface area (Å²) in [6, 6.07) is 4.95. The van der Waals surface area contributed by atoms with Crippen LogP contribution in [-0.2, 0) is 0 Å². The Kier molecular flexibility index (Phi) is 4.07. The van der Waals surface area contributed by atoms with Crippen molar-refractivity contribution in [2.24, 2.45) is 5.92 Å². The number of rotatable bonds is 3. The zero-order valence-electron chi connectivity index (χ0n) is 10.4. The molecule has 1 N–H and O–H groups in total. The summed E-state index contributed by atoms with van der Waals surface area (Å²) >= 11 is 5.91. The minimum Gasteiger partial charge on any atom is -0.376 e. The number of halogens is 1. The van der Waals surface area contributed by atoms with Crippen molar-refractivity contribution in [3.63, 3.8) is 0 Å². The van der Waals surface area contributed by atoms with Crippen LogP contribution in [0.25, 0.3) is 0 Å². The first-order valence-corrected chi connectivity index (χ1v) is 6.66. The first kappa shape index (κ1) is 13.1. The lowest BCUT2D eigenvalue weighted by molar-refractivity contribution is -0.384. The van der Waals surface area contributed by atoms with Crippen LogP contribution in [0.2, 0.25) is 5.02 Å². The summed E-state index contributed by atoms with van der Waals surface area (Å²) in [5, 5.41) is 14.8. The van der Waals surface area contributed by atoms with E-state index in [1.807, 2.05) is 0 Å². The van der Waals surface area contributed by atoms with Gasteiger partial charge in [0.05, 0.1) is 4.92 Å². The zero-order chi connectivity index (χ0) is 13.1. The Hall–Kier alpha value is -1.29. The Morgan fingerprint density at radius 2 is 2.11 bits per heavy atom. The van der Waals surface area contributed by atoms with Gasteiger partial charge >= 0.3 is 0 Å². The highest BCUT2D eigenvalue weighted by Crippen LogP contribution is 2.32. The summed E-state index contributed by atoms with van der Waals surface area (Å²) in [5.41, 5.74) is 0.628. The Balaban J connectivity index is 2.21. The minimum atomic E-state index is -0.369. The molecule has 2 rings (SSSR count). The standard InChI is InChI=1S/C13H17ClN2O2/c1-9-4-2-3-5-11(9)15-12-8-10(14)6-7-13(12)16(17)18/h6-9,11,15H,2-5H2,1H3. The van der Waals surface area contributed by atoms with Crippen LogP contribution in [0.15, 0.2) is 18.2 Å². The van der Waals surface area contributed by atoms with Gasteiger partial charge in [-0.1, -0.05) is 31.4 Å². The van der Waals surface area contributed by atoms with Crippen molar-refractivity contribution in [3.8, 4) is 0 Å². The van der Waals surface area contributed by atoms with Gasteiger partial charge in [0.1, 0.15) is 5.69 Å². The molecule has 1 fully saturated rings. The molecule has 98 valence electrons. The molecular formula is C13H17ClN2O2. The van der Waals surface area contributed by atoms with E-state index in [-0.39, 0.29) is 10.6 Å². The smallest absolute Gasteiger partial charge is 0.292 e. The number of nitro benzene ring substituents is 1. The maximum Gasteiger partial charge on any atom is 0.292 e. The van der Waals surface area contributed by atoms with Crippen LogP contribution in [0, 0.1) is 16.0 Å². The van der Waals surface area contributed by atoms with Gasteiger partial charge in [-0.05, 0) is 30.9 Å². The van der Waals surface area contributed by atoms with E-state index in [2.05, 4.69) is 12.2 Å². The number of nitrogens with one attached hydrogen (secondary N) is 1. The van der Waals surface area contributed by atoms with Crippen molar-refractivity contribution >= 4 is 23.0 Å². The maximum absolute atomic E-state index is 11.0. The van der Waals surface area contributed by atoms with Gasteiger partial charge in [0.15, 0.2) is 0 Å². The summed E-state index contributed by atoms with van der Waals surface area (Å²) in [5.74, 6) is 0.539. The number of benzene rings is 1. The number of hydrogen-bond acceptors (Lipinski definition) is 3. The van der Waals surface area contributed by atoms with Gasteiger partial charge in [-0.2, -0.15) is 0 Å². The van der Waals surface area contributed by atoms with Crippen LogP contribution in [-0.4, -0.2) is 11.0 Å². The Morgan fingerprint density at radius 3 is 2.78 bits per heavy atom. The van der Waals surface area contributed by atoms with Crippen LogP contribution in [0.5, 0.6) is 0 Å². The molecule has 0 radical (unpaired) electrons. The Labute approximate surface area is 111 Å². The second kappa shape index (κ2) is 5.57. The molecule has 5 heteroatoms. The van der Waals surface area contributed by atoms with Crippen LogP contribution in [0.4, 0.5) is 11.4 Å². The largest absolute Gasteiger partial charge is 0.376 e. The summed E-state index contributed by atoms with van der Waals surface area (Å²) in [4.78, 5) is 10.6. The lowest BCUT2D eigenvalue weighted by Crippen LogP contribution is -2.30. The average molecular weight is 269 g/mol. The molecule has 1 aromatic rings. The van der Waals surface area contributed by atoms with E-state index in [0.717, 1.165) is 6.42 Å². The Bertz CT molecular complexity index is 451. The van der Waals surface area contributed by atoms with E-state index < -0.39 is 0 Å². The first-order valence-electron chi connectivity index (χ1n) is 6.28. The molecule has 18 heavy (non-hydrogen) atoms. The molecule has 0 bridgehead atoms. The number of hydrogen-bond donors (Lipinski definition) is 1. The van der Waals surface area contributed by atoms with Gasteiger partial charge in [0.25, 0.3) is 5.69 Å². The second-order valence-corrected chi connectivity index (χ2v) is 5.37. The Morgan fingerprint density at radius 1 is 1.39 bits per heavy atom. The first-order chi connectivity index (χ1) is 8.58. The fraction of sp³-hybridized carbons (Fsp3) is 0.538. The van der Waals surface area contributed by atoms with Crippen molar-refractivity contribution in [2.45, 2.75) is 38.6 Å². The second-order valence-electron chi connectivity index (χ2n) is 4.93. The van der Waals surface area contributed by atoms with E-state index in [9.17, 15) is 10.1 Å². The molecule has 1 aliphatic carbocycles. The monoisotopic (exact) mass is 268 g/mol. The summed E-state index contributed by atoms with van der Waals surface area (Å²) < 4.78 is 0. The van der Waals surface area contributed by atoms with Crippen LogP contribution in [0.3, 0.4) is 0 Å². The zero-order valence-corrected chi connectivity index (χ0v) is 11.1. The van der Waals surface area contributed by atoms with E-state index >= 15 is 0 Å². The number of anilines is 1. The average Bonchev–Trinajstić information content (AvgIpc) is 2.32. The molecule has 2 unspecified atom stereocenters.